The summed E-state index contributed by atoms with van der Waals surface area (Å²) < 4.78 is 4.67. The topological polar surface area (TPSA) is 46.2 Å². The molecule has 18 heavy (non-hydrogen) atoms. The van der Waals surface area contributed by atoms with Gasteiger partial charge >= 0.3 is 5.97 Å². The number of ether oxygens (including phenoxy) is 1. The van der Waals surface area contributed by atoms with Crippen LogP contribution in [0.4, 0.5) is 0 Å². The Balaban J connectivity index is 2.59. The quantitative estimate of drug-likeness (QED) is 0.775. The molecule has 0 fully saturated rings. The van der Waals surface area contributed by atoms with Gasteiger partial charge in [0.2, 0.25) is 5.60 Å². The number of carbonyl (C=O) groups is 1. The minimum absolute atomic E-state index is 0.378. The van der Waals surface area contributed by atoms with Crippen molar-refractivity contribution in [1.29, 1.82) is 0 Å². The Hall–Kier alpha value is -2.13. The third-order valence-corrected chi connectivity index (χ3v) is 2.83. The zero-order chi connectivity index (χ0) is 13.0. The van der Waals surface area contributed by atoms with Gasteiger partial charge in [-0.1, -0.05) is 60.7 Å². The average Bonchev–Trinajstić information content (AvgIpc) is 2.47. The van der Waals surface area contributed by atoms with E-state index in [4.69, 9.17) is 0 Å². The molecule has 0 N–H and O–H groups in total. The second kappa shape index (κ2) is 5.02. The van der Waals surface area contributed by atoms with Crippen molar-refractivity contribution in [1.82, 2.24) is 0 Å². The molecule has 0 unspecified atom stereocenters. The molecule has 0 aromatic heterocycles. The fraction of sp³-hybridized carbons (Fsp3) is 0.133. The molecule has 0 saturated carbocycles. The van der Waals surface area contributed by atoms with Crippen LogP contribution in [0.3, 0.4) is 0 Å². The number of esters is 1. The maximum absolute atomic E-state index is 13.0. The summed E-state index contributed by atoms with van der Waals surface area (Å²) in [5, 5.41) is 13.0. The molecule has 3 nitrogen and oxygen atoms in total. The lowest BCUT2D eigenvalue weighted by Gasteiger charge is -2.23. The van der Waals surface area contributed by atoms with Crippen LogP contribution in [0.2, 0.25) is 0 Å². The van der Waals surface area contributed by atoms with Gasteiger partial charge in [0.05, 0.1) is 7.11 Å². The SMILES string of the molecule is COC(=O)C([O])(c1ccccc1)c1ccccc1. The van der Waals surface area contributed by atoms with Crippen LogP contribution in [0.1, 0.15) is 11.1 Å². The van der Waals surface area contributed by atoms with E-state index in [1.165, 1.54) is 7.11 Å². The summed E-state index contributed by atoms with van der Waals surface area (Å²) in [5.74, 6) is -0.806. The summed E-state index contributed by atoms with van der Waals surface area (Å²) in [6, 6.07) is 17.1. The van der Waals surface area contributed by atoms with Gasteiger partial charge in [0.15, 0.2) is 0 Å². The van der Waals surface area contributed by atoms with E-state index in [9.17, 15) is 9.90 Å². The molecule has 0 aliphatic rings. The number of methoxy groups -OCH3 is 1. The van der Waals surface area contributed by atoms with Crippen LogP contribution < -0.4 is 0 Å². The van der Waals surface area contributed by atoms with Crippen molar-refractivity contribution in [2.24, 2.45) is 0 Å². The van der Waals surface area contributed by atoms with Gasteiger partial charge in [-0.25, -0.2) is 9.90 Å². The fourth-order valence-electron chi connectivity index (χ4n) is 1.89. The number of carbonyl (C=O) groups excluding carboxylic acids is 1. The van der Waals surface area contributed by atoms with Crippen molar-refractivity contribution in [3.8, 4) is 0 Å². The summed E-state index contributed by atoms with van der Waals surface area (Å²) in [4.78, 5) is 11.9. The Kier molecular flexibility index (Phi) is 3.44. The highest BCUT2D eigenvalue weighted by Gasteiger charge is 2.43. The van der Waals surface area contributed by atoms with Crippen LogP contribution in [0, 0.1) is 0 Å². The molecule has 0 amide bonds. The molecule has 0 heterocycles. The highest BCUT2D eigenvalue weighted by Crippen LogP contribution is 2.31. The molecule has 3 heteroatoms. The first-order chi connectivity index (χ1) is 8.69. The van der Waals surface area contributed by atoms with Gasteiger partial charge in [-0.2, -0.15) is 0 Å². The second-order valence-corrected chi connectivity index (χ2v) is 3.90. The summed E-state index contributed by atoms with van der Waals surface area (Å²) >= 11 is 0. The zero-order valence-corrected chi connectivity index (χ0v) is 10.00. The van der Waals surface area contributed by atoms with Crippen molar-refractivity contribution in [3.05, 3.63) is 71.8 Å². The number of rotatable bonds is 3. The van der Waals surface area contributed by atoms with E-state index in [0.717, 1.165) is 0 Å². The molecule has 0 aliphatic heterocycles. The second-order valence-electron chi connectivity index (χ2n) is 3.90. The molecule has 0 atom stereocenters. The maximum atomic E-state index is 13.0. The third-order valence-electron chi connectivity index (χ3n) is 2.83. The summed E-state index contributed by atoms with van der Waals surface area (Å²) in [7, 11) is 1.22. The Morgan fingerprint density at radius 3 is 1.61 bits per heavy atom. The lowest BCUT2D eigenvalue weighted by atomic mass is 9.86. The Bertz CT molecular complexity index is 480. The van der Waals surface area contributed by atoms with E-state index in [1.807, 2.05) is 0 Å². The van der Waals surface area contributed by atoms with E-state index in [1.54, 1.807) is 60.7 Å². The lowest BCUT2D eigenvalue weighted by Crippen LogP contribution is -2.36. The maximum Gasteiger partial charge on any atom is 0.351 e. The van der Waals surface area contributed by atoms with Crippen molar-refractivity contribution < 1.29 is 14.6 Å². The number of hydrogen-bond donors (Lipinski definition) is 0. The van der Waals surface area contributed by atoms with Gasteiger partial charge in [-0.15, -0.1) is 0 Å². The largest absolute Gasteiger partial charge is 0.466 e. The molecule has 2 rings (SSSR count). The molecule has 2 aromatic rings. The van der Waals surface area contributed by atoms with Crippen molar-refractivity contribution in [3.63, 3.8) is 0 Å². The third kappa shape index (κ3) is 2.00. The first-order valence-corrected chi connectivity index (χ1v) is 5.59. The molecular formula is C15H13O3. The van der Waals surface area contributed by atoms with Gasteiger partial charge in [0, 0.05) is 11.1 Å². The molecular weight excluding hydrogens is 228 g/mol. The molecule has 0 aliphatic carbocycles. The van der Waals surface area contributed by atoms with Crippen LogP contribution in [0.25, 0.3) is 0 Å². The molecule has 0 bridgehead atoms. The van der Waals surface area contributed by atoms with Crippen LogP contribution in [0.5, 0.6) is 0 Å². The molecule has 2 aromatic carbocycles. The highest BCUT2D eigenvalue weighted by molar-refractivity contribution is 5.85. The normalized spacial score (nSPS) is 11.0. The van der Waals surface area contributed by atoms with Gasteiger partial charge < -0.3 is 4.74 Å². The minimum atomic E-state index is -2.02. The van der Waals surface area contributed by atoms with Gasteiger partial charge in [-0.05, 0) is 0 Å². The Morgan fingerprint density at radius 1 is 0.889 bits per heavy atom. The van der Waals surface area contributed by atoms with E-state index >= 15 is 0 Å². The minimum Gasteiger partial charge on any atom is -0.466 e. The van der Waals surface area contributed by atoms with Crippen LogP contribution >= 0.6 is 0 Å². The predicted molar refractivity (Wildman–Crippen MR) is 66.4 cm³/mol. The predicted octanol–water partition coefficient (Wildman–Crippen LogP) is 2.53. The first-order valence-electron chi connectivity index (χ1n) is 5.59. The van der Waals surface area contributed by atoms with Crippen LogP contribution in [0.15, 0.2) is 60.7 Å². The monoisotopic (exact) mass is 241 g/mol. The number of hydrogen-bond acceptors (Lipinski definition) is 2. The summed E-state index contributed by atoms with van der Waals surface area (Å²) in [5.41, 5.74) is -1.26. The van der Waals surface area contributed by atoms with Crippen LogP contribution in [-0.4, -0.2) is 13.1 Å². The van der Waals surface area contributed by atoms with Crippen molar-refractivity contribution in [2.75, 3.05) is 7.11 Å². The molecule has 1 radical (unpaired) electrons. The number of benzene rings is 2. The van der Waals surface area contributed by atoms with E-state index in [2.05, 4.69) is 4.74 Å². The van der Waals surface area contributed by atoms with Crippen LogP contribution in [-0.2, 0) is 20.2 Å². The molecule has 0 saturated heterocycles. The lowest BCUT2D eigenvalue weighted by molar-refractivity contribution is -0.165. The summed E-state index contributed by atoms with van der Waals surface area (Å²) in [6.07, 6.45) is 0. The average molecular weight is 241 g/mol. The van der Waals surface area contributed by atoms with E-state index < -0.39 is 11.6 Å². The van der Waals surface area contributed by atoms with Crippen molar-refractivity contribution in [2.45, 2.75) is 5.60 Å². The van der Waals surface area contributed by atoms with Crippen molar-refractivity contribution >= 4 is 5.97 Å². The molecule has 0 spiro atoms. The van der Waals surface area contributed by atoms with E-state index in [0.29, 0.717) is 11.1 Å². The fourth-order valence-corrected chi connectivity index (χ4v) is 1.89. The van der Waals surface area contributed by atoms with Gasteiger partial charge in [-0.3, -0.25) is 0 Å². The zero-order valence-electron chi connectivity index (χ0n) is 10.00. The highest BCUT2D eigenvalue weighted by atomic mass is 16.5. The first kappa shape index (κ1) is 12.3. The standard InChI is InChI=1S/C15H13O3/c1-18-14(16)15(17,12-8-4-2-5-9-12)13-10-6-3-7-11-13/h2-11H,1H3. The van der Waals surface area contributed by atoms with E-state index in [-0.39, 0.29) is 0 Å². The van der Waals surface area contributed by atoms with Gasteiger partial charge in [0.25, 0.3) is 0 Å². The summed E-state index contributed by atoms with van der Waals surface area (Å²) in [6.45, 7) is 0. The smallest absolute Gasteiger partial charge is 0.351 e. The Labute approximate surface area is 106 Å². The Morgan fingerprint density at radius 2 is 1.28 bits per heavy atom. The van der Waals surface area contributed by atoms with Gasteiger partial charge in [0.1, 0.15) is 0 Å². The molecule has 91 valence electrons.